The van der Waals surface area contributed by atoms with E-state index < -0.39 is 0 Å². The first-order valence-corrected chi connectivity index (χ1v) is 5.14. The second-order valence-electron chi connectivity index (χ2n) is 2.85. The van der Waals surface area contributed by atoms with Crippen LogP contribution in [0.5, 0.6) is 0 Å². The summed E-state index contributed by atoms with van der Waals surface area (Å²) in [5.41, 5.74) is 5.85. The molecule has 0 amide bonds. The van der Waals surface area contributed by atoms with E-state index in [1.165, 1.54) is 0 Å². The van der Waals surface area contributed by atoms with Gasteiger partial charge in [0.05, 0.1) is 6.10 Å². The highest BCUT2D eigenvalue weighted by atomic mass is 127. The minimum atomic E-state index is 0.146. The van der Waals surface area contributed by atoms with Crippen molar-refractivity contribution in [1.82, 2.24) is 0 Å². The van der Waals surface area contributed by atoms with Gasteiger partial charge in [0, 0.05) is 6.04 Å². The molecule has 0 bridgehead atoms. The largest absolute Gasteiger partial charge is 0.363 e. The standard InChI is InChI=1S/C8H14INO/c1-2-3-6(10)7-4-5-8(9)11-7/h2,6-8H,1,3-5,10H2. The highest BCUT2D eigenvalue weighted by Gasteiger charge is 2.27. The topological polar surface area (TPSA) is 35.2 Å². The molecule has 0 saturated carbocycles. The lowest BCUT2D eigenvalue weighted by atomic mass is 10.1. The van der Waals surface area contributed by atoms with Gasteiger partial charge in [-0.1, -0.05) is 28.7 Å². The molecule has 0 aromatic rings. The Morgan fingerprint density at radius 1 is 1.73 bits per heavy atom. The Balaban J connectivity index is 2.30. The Morgan fingerprint density at radius 2 is 2.45 bits per heavy atom. The fraction of sp³-hybridized carbons (Fsp3) is 0.750. The molecule has 1 aliphatic rings. The number of ether oxygens (including phenoxy) is 1. The van der Waals surface area contributed by atoms with Crippen LogP contribution < -0.4 is 5.73 Å². The maximum atomic E-state index is 5.85. The van der Waals surface area contributed by atoms with E-state index in [1.807, 2.05) is 6.08 Å². The molecule has 0 aromatic carbocycles. The summed E-state index contributed by atoms with van der Waals surface area (Å²) in [6, 6.07) is 0.146. The van der Waals surface area contributed by atoms with Gasteiger partial charge in [-0.15, -0.1) is 6.58 Å². The van der Waals surface area contributed by atoms with Crippen LogP contribution in [-0.2, 0) is 4.74 Å². The minimum absolute atomic E-state index is 0.146. The van der Waals surface area contributed by atoms with Gasteiger partial charge in [0.1, 0.15) is 4.11 Å². The van der Waals surface area contributed by atoms with E-state index in [0.717, 1.165) is 19.3 Å². The Hall–Kier alpha value is 0.390. The number of halogens is 1. The summed E-state index contributed by atoms with van der Waals surface area (Å²) in [6.45, 7) is 3.65. The first-order valence-electron chi connectivity index (χ1n) is 3.90. The maximum Gasteiger partial charge on any atom is 0.109 e. The number of alkyl halides is 1. The number of hydrogen-bond donors (Lipinski definition) is 1. The summed E-state index contributed by atoms with van der Waals surface area (Å²) in [5, 5.41) is 0. The quantitative estimate of drug-likeness (QED) is 0.481. The van der Waals surface area contributed by atoms with Crippen LogP contribution in [0.2, 0.25) is 0 Å². The fourth-order valence-corrected chi connectivity index (χ4v) is 2.02. The lowest BCUT2D eigenvalue weighted by Gasteiger charge is -2.16. The summed E-state index contributed by atoms with van der Waals surface area (Å²) in [4.78, 5) is 0. The monoisotopic (exact) mass is 267 g/mol. The molecule has 64 valence electrons. The van der Waals surface area contributed by atoms with Crippen molar-refractivity contribution in [2.75, 3.05) is 0 Å². The van der Waals surface area contributed by atoms with Crippen molar-refractivity contribution >= 4 is 22.6 Å². The first-order chi connectivity index (χ1) is 5.24. The first kappa shape index (κ1) is 9.48. The van der Waals surface area contributed by atoms with Crippen molar-refractivity contribution in [2.45, 2.75) is 35.5 Å². The van der Waals surface area contributed by atoms with Crippen LogP contribution in [0.25, 0.3) is 0 Å². The van der Waals surface area contributed by atoms with E-state index >= 15 is 0 Å². The van der Waals surface area contributed by atoms with Crippen LogP contribution in [0.15, 0.2) is 12.7 Å². The molecule has 3 atom stereocenters. The van der Waals surface area contributed by atoms with Crippen molar-refractivity contribution in [3.8, 4) is 0 Å². The highest BCUT2D eigenvalue weighted by Crippen LogP contribution is 2.26. The van der Waals surface area contributed by atoms with Crippen LogP contribution in [0.1, 0.15) is 19.3 Å². The molecule has 1 heterocycles. The van der Waals surface area contributed by atoms with Gasteiger partial charge in [-0.3, -0.25) is 0 Å². The lowest BCUT2D eigenvalue weighted by molar-refractivity contribution is 0.0815. The molecule has 0 spiro atoms. The van der Waals surface area contributed by atoms with Crippen LogP contribution in [0, 0.1) is 0 Å². The van der Waals surface area contributed by atoms with E-state index in [0.29, 0.717) is 4.11 Å². The van der Waals surface area contributed by atoms with E-state index in [2.05, 4.69) is 29.2 Å². The molecule has 0 radical (unpaired) electrons. The zero-order chi connectivity index (χ0) is 8.27. The summed E-state index contributed by atoms with van der Waals surface area (Å²) >= 11 is 2.31. The normalized spacial score (nSPS) is 33.6. The Kier molecular flexibility index (Phi) is 3.81. The molecular weight excluding hydrogens is 253 g/mol. The lowest BCUT2D eigenvalue weighted by Crippen LogP contribution is -2.33. The van der Waals surface area contributed by atoms with Crippen molar-refractivity contribution < 1.29 is 4.74 Å². The third-order valence-corrected chi connectivity index (χ3v) is 2.83. The zero-order valence-electron chi connectivity index (χ0n) is 6.50. The van der Waals surface area contributed by atoms with Gasteiger partial charge in [-0.05, 0) is 19.3 Å². The molecule has 0 aliphatic carbocycles. The highest BCUT2D eigenvalue weighted by molar-refractivity contribution is 14.1. The summed E-state index contributed by atoms with van der Waals surface area (Å²) < 4.78 is 5.96. The van der Waals surface area contributed by atoms with Crippen LogP contribution in [0.3, 0.4) is 0 Å². The van der Waals surface area contributed by atoms with Gasteiger partial charge in [0.2, 0.25) is 0 Å². The SMILES string of the molecule is C=CCC(N)C1CCC(I)O1. The third kappa shape index (κ3) is 2.72. The molecule has 11 heavy (non-hydrogen) atoms. The average molecular weight is 267 g/mol. The predicted octanol–water partition coefficient (Wildman–Crippen LogP) is 1.83. The third-order valence-electron chi connectivity index (χ3n) is 1.92. The smallest absolute Gasteiger partial charge is 0.109 e. The van der Waals surface area contributed by atoms with Gasteiger partial charge in [-0.2, -0.15) is 0 Å². The molecule has 1 rings (SSSR count). The van der Waals surface area contributed by atoms with Gasteiger partial charge in [0.25, 0.3) is 0 Å². The number of rotatable bonds is 3. The van der Waals surface area contributed by atoms with Gasteiger partial charge >= 0.3 is 0 Å². The molecule has 1 aliphatic heterocycles. The molecule has 1 saturated heterocycles. The zero-order valence-corrected chi connectivity index (χ0v) is 8.66. The van der Waals surface area contributed by atoms with E-state index in [1.54, 1.807) is 0 Å². The summed E-state index contributed by atoms with van der Waals surface area (Å²) in [5.74, 6) is 0. The van der Waals surface area contributed by atoms with Crippen molar-refractivity contribution in [3.63, 3.8) is 0 Å². The minimum Gasteiger partial charge on any atom is -0.363 e. The Labute approximate surface area is 81.3 Å². The number of nitrogens with two attached hydrogens (primary N) is 1. The molecule has 3 heteroatoms. The van der Waals surface area contributed by atoms with Gasteiger partial charge in [-0.25, -0.2) is 0 Å². The summed E-state index contributed by atoms with van der Waals surface area (Å²) in [6.07, 6.45) is 5.20. The maximum absolute atomic E-state index is 5.85. The van der Waals surface area contributed by atoms with E-state index in [4.69, 9.17) is 10.5 Å². The van der Waals surface area contributed by atoms with Crippen LogP contribution in [0.4, 0.5) is 0 Å². The van der Waals surface area contributed by atoms with Crippen LogP contribution in [-0.4, -0.2) is 16.3 Å². The van der Waals surface area contributed by atoms with Crippen molar-refractivity contribution in [3.05, 3.63) is 12.7 Å². The van der Waals surface area contributed by atoms with E-state index in [-0.39, 0.29) is 12.1 Å². The van der Waals surface area contributed by atoms with Crippen molar-refractivity contribution in [2.24, 2.45) is 5.73 Å². The molecule has 1 fully saturated rings. The Bertz CT molecular complexity index is 140. The molecule has 2 N–H and O–H groups in total. The Morgan fingerprint density at radius 3 is 2.91 bits per heavy atom. The summed E-state index contributed by atoms with van der Waals surface area (Å²) in [7, 11) is 0. The molecular formula is C8H14INO. The fourth-order valence-electron chi connectivity index (χ4n) is 1.28. The van der Waals surface area contributed by atoms with Crippen molar-refractivity contribution in [1.29, 1.82) is 0 Å². The molecule has 2 nitrogen and oxygen atoms in total. The predicted molar refractivity (Wildman–Crippen MR) is 54.7 cm³/mol. The van der Waals surface area contributed by atoms with Crippen LogP contribution >= 0.6 is 22.6 Å². The second-order valence-corrected chi connectivity index (χ2v) is 4.24. The van der Waals surface area contributed by atoms with E-state index in [9.17, 15) is 0 Å². The average Bonchev–Trinajstić information content (AvgIpc) is 2.36. The van der Waals surface area contributed by atoms with Gasteiger partial charge in [0.15, 0.2) is 0 Å². The van der Waals surface area contributed by atoms with Gasteiger partial charge < -0.3 is 10.5 Å². The molecule has 3 unspecified atom stereocenters. The number of hydrogen-bond acceptors (Lipinski definition) is 2. The molecule has 0 aromatic heterocycles. The second kappa shape index (κ2) is 4.42.